The molecule has 0 bridgehead atoms. The minimum atomic E-state index is -0.909. The summed E-state index contributed by atoms with van der Waals surface area (Å²) in [5.74, 6) is -0.330. The third-order valence-electron chi connectivity index (χ3n) is 7.33. The van der Waals surface area contributed by atoms with Crippen molar-refractivity contribution in [1.82, 2.24) is 15.2 Å². The summed E-state index contributed by atoms with van der Waals surface area (Å²) in [6.07, 6.45) is 1.33. The van der Waals surface area contributed by atoms with Crippen molar-refractivity contribution in [3.63, 3.8) is 0 Å². The van der Waals surface area contributed by atoms with Gasteiger partial charge in [0, 0.05) is 49.6 Å². The predicted molar refractivity (Wildman–Crippen MR) is 139 cm³/mol. The van der Waals surface area contributed by atoms with Crippen molar-refractivity contribution < 1.29 is 29.2 Å². The summed E-state index contributed by atoms with van der Waals surface area (Å²) in [4.78, 5) is 19.3. The van der Waals surface area contributed by atoms with Crippen molar-refractivity contribution in [3.05, 3.63) is 83.9 Å². The number of aromatic nitrogens is 1. The summed E-state index contributed by atoms with van der Waals surface area (Å²) >= 11 is 0. The van der Waals surface area contributed by atoms with Gasteiger partial charge in [-0.15, -0.1) is 0 Å². The second-order valence-electron chi connectivity index (χ2n) is 10.4. The van der Waals surface area contributed by atoms with E-state index in [1.807, 2.05) is 23.1 Å². The maximum absolute atomic E-state index is 13.5. The molecule has 1 aromatic heterocycles. The number of rotatable bonds is 3. The highest BCUT2D eigenvalue weighted by molar-refractivity contribution is 5.97. The Kier molecular flexibility index (Phi) is 7.71. The van der Waals surface area contributed by atoms with E-state index in [1.54, 1.807) is 36.7 Å². The van der Waals surface area contributed by atoms with E-state index < -0.39 is 23.7 Å². The van der Waals surface area contributed by atoms with E-state index >= 15 is 0 Å². The van der Waals surface area contributed by atoms with Gasteiger partial charge in [-0.1, -0.05) is 24.3 Å². The van der Waals surface area contributed by atoms with Crippen LogP contribution < -0.4 is 10.1 Å². The van der Waals surface area contributed by atoms with Crippen LogP contribution in [-0.2, 0) is 6.54 Å². The normalized spacial score (nSPS) is 26.6. The SMILES string of the molecule is O=C1NC[C@H](O)CN(Cc2ccc(F)cc2)CC2(COc3cc(-c4cccnc4)ccc31)C[C@@H](O)[C@@H](O)C2. The number of carbonyl (C=O) groups excluding carboxylic acids is 1. The van der Waals surface area contributed by atoms with Gasteiger partial charge < -0.3 is 25.4 Å². The van der Waals surface area contributed by atoms with Gasteiger partial charge in [-0.05, 0) is 54.3 Å². The number of carbonyl (C=O) groups is 1. The minimum Gasteiger partial charge on any atom is -0.492 e. The lowest BCUT2D eigenvalue weighted by molar-refractivity contribution is 0.0401. The Morgan fingerprint density at radius 1 is 1.05 bits per heavy atom. The van der Waals surface area contributed by atoms with Crippen LogP contribution >= 0.6 is 0 Å². The number of pyridine rings is 1. The van der Waals surface area contributed by atoms with Crippen LogP contribution in [0, 0.1) is 11.2 Å². The van der Waals surface area contributed by atoms with Crippen LogP contribution in [0.2, 0.25) is 0 Å². The molecule has 1 saturated carbocycles. The Hall–Kier alpha value is -3.37. The minimum absolute atomic E-state index is 0.0286. The summed E-state index contributed by atoms with van der Waals surface area (Å²) in [5.41, 5.74) is 2.25. The molecule has 1 aliphatic heterocycles. The predicted octanol–water partition coefficient (Wildman–Crippen LogP) is 2.37. The van der Waals surface area contributed by atoms with Gasteiger partial charge in [0.05, 0.1) is 30.5 Å². The number of aliphatic hydroxyl groups excluding tert-OH is 3. The van der Waals surface area contributed by atoms with E-state index in [9.17, 15) is 24.5 Å². The molecule has 1 aliphatic carbocycles. The molecule has 0 radical (unpaired) electrons. The summed E-state index contributed by atoms with van der Waals surface area (Å²) in [6, 6.07) is 15.2. The third kappa shape index (κ3) is 6.02. The maximum Gasteiger partial charge on any atom is 0.255 e. The maximum atomic E-state index is 13.5. The van der Waals surface area contributed by atoms with Crippen molar-refractivity contribution in [2.75, 3.05) is 26.2 Å². The fourth-order valence-corrected chi connectivity index (χ4v) is 5.48. The van der Waals surface area contributed by atoms with Crippen LogP contribution in [0.1, 0.15) is 28.8 Å². The van der Waals surface area contributed by atoms with Gasteiger partial charge in [0.2, 0.25) is 0 Å². The van der Waals surface area contributed by atoms with Crippen LogP contribution in [0.25, 0.3) is 11.1 Å². The number of hydrogen-bond donors (Lipinski definition) is 4. The number of amides is 1. The average Bonchev–Trinajstić information content (AvgIpc) is 3.19. The van der Waals surface area contributed by atoms with Gasteiger partial charge in [0.1, 0.15) is 11.6 Å². The zero-order valence-corrected chi connectivity index (χ0v) is 21.0. The zero-order chi connectivity index (χ0) is 26.7. The number of nitrogens with one attached hydrogen (secondary N) is 1. The molecular formula is C29H32FN3O5. The Morgan fingerprint density at radius 3 is 2.53 bits per heavy atom. The zero-order valence-electron chi connectivity index (χ0n) is 21.0. The first-order valence-electron chi connectivity index (χ1n) is 12.8. The first-order valence-corrected chi connectivity index (χ1v) is 12.8. The number of benzene rings is 2. The Balaban J connectivity index is 1.48. The monoisotopic (exact) mass is 521 g/mol. The number of aliphatic hydroxyl groups is 3. The van der Waals surface area contributed by atoms with E-state index in [2.05, 4.69) is 10.3 Å². The molecule has 4 atom stereocenters. The number of halogens is 1. The number of hydrogen-bond acceptors (Lipinski definition) is 7. The molecule has 1 amide bonds. The van der Waals surface area contributed by atoms with Crippen molar-refractivity contribution in [2.45, 2.75) is 37.7 Å². The van der Waals surface area contributed by atoms with Gasteiger partial charge in [-0.3, -0.25) is 14.7 Å². The molecule has 4 N–H and O–H groups in total. The summed E-state index contributed by atoms with van der Waals surface area (Å²) < 4.78 is 19.8. The Morgan fingerprint density at radius 2 is 1.82 bits per heavy atom. The third-order valence-corrected chi connectivity index (χ3v) is 7.33. The first-order chi connectivity index (χ1) is 18.3. The molecule has 0 saturated heterocycles. The highest BCUT2D eigenvalue weighted by atomic mass is 19.1. The summed E-state index contributed by atoms with van der Waals surface area (Å²) in [6.45, 7) is 1.25. The molecule has 2 heterocycles. The number of ether oxygens (including phenoxy) is 1. The molecule has 2 aromatic carbocycles. The Bertz CT molecular complexity index is 1250. The van der Waals surface area contributed by atoms with Crippen molar-refractivity contribution in [2.24, 2.45) is 5.41 Å². The topological polar surface area (TPSA) is 115 Å². The first kappa shape index (κ1) is 26.2. The standard InChI is InChI=1S/C29H32FN3O5/c30-22-6-3-19(4-7-22)15-33-16-23(34)14-32-28(37)24-8-5-20(21-2-1-9-31-13-21)10-27(24)38-18-29(17-33)11-25(35)26(36)12-29/h1-10,13,23,25-26,34-36H,11-12,14-18H2,(H,32,37)/t23-,25-,26+,29?/m0/s1. The molecule has 200 valence electrons. The molecule has 8 nitrogen and oxygen atoms in total. The number of fused-ring (bicyclic) bond motifs is 1. The van der Waals surface area contributed by atoms with Gasteiger partial charge in [-0.25, -0.2) is 4.39 Å². The van der Waals surface area contributed by atoms with E-state index in [-0.39, 0.29) is 31.4 Å². The van der Waals surface area contributed by atoms with Crippen molar-refractivity contribution >= 4 is 5.91 Å². The summed E-state index contributed by atoms with van der Waals surface area (Å²) in [7, 11) is 0. The molecule has 5 rings (SSSR count). The molecule has 1 spiro atoms. The van der Waals surface area contributed by atoms with Gasteiger partial charge >= 0.3 is 0 Å². The quantitative estimate of drug-likeness (QED) is 0.418. The molecule has 9 heteroatoms. The van der Waals surface area contributed by atoms with Crippen LogP contribution in [0.5, 0.6) is 5.75 Å². The van der Waals surface area contributed by atoms with Crippen LogP contribution in [0.15, 0.2) is 67.0 Å². The molecule has 1 fully saturated rings. The molecule has 38 heavy (non-hydrogen) atoms. The average molecular weight is 522 g/mol. The lowest BCUT2D eigenvalue weighted by atomic mass is 9.85. The summed E-state index contributed by atoms with van der Waals surface area (Å²) in [5, 5.41) is 34.6. The van der Waals surface area contributed by atoms with E-state index in [4.69, 9.17) is 4.74 Å². The fourth-order valence-electron chi connectivity index (χ4n) is 5.48. The van der Waals surface area contributed by atoms with Crippen LogP contribution in [-0.4, -0.2) is 75.7 Å². The van der Waals surface area contributed by atoms with E-state index in [0.29, 0.717) is 37.2 Å². The number of nitrogens with zero attached hydrogens (tertiary/aromatic N) is 2. The molecule has 2 aliphatic rings. The van der Waals surface area contributed by atoms with Crippen molar-refractivity contribution in [1.29, 1.82) is 0 Å². The van der Waals surface area contributed by atoms with E-state index in [0.717, 1.165) is 16.7 Å². The molecular weight excluding hydrogens is 489 g/mol. The van der Waals surface area contributed by atoms with E-state index in [1.165, 1.54) is 12.1 Å². The molecule has 3 aromatic rings. The lowest BCUT2D eigenvalue weighted by Crippen LogP contribution is -2.46. The lowest BCUT2D eigenvalue weighted by Gasteiger charge is -2.37. The fraction of sp³-hybridized carbons (Fsp3) is 0.379. The second kappa shape index (κ2) is 11.2. The van der Waals surface area contributed by atoms with Gasteiger partial charge in [-0.2, -0.15) is 0 Å². The Labute approximate surface area is 220 Å². The van der Waals surface area contributed by atoms with Crippen molar-refractivity contribution in [3.8, 4) is 16.9 Å². The molecule has 1 unspecified atom stereocenters. The van der Waals surface area contributed by atoms with Crippen LogP contribution in [0.4, 0.5) is 4.39 Å². The van der Waals surface area contributed by atoms with Gasteiger partial charge in [0.25, 0.3) is 5.91 Å². The highest BCUT2D eigenvalue weighted by Crippen LogP contribution is 2.41. The number of β-amino-alcohol motifs (C(OH)–C–C–N with tert-alkyl or cyclic N) is 1. The highest BCUT2D eigenvalue weighted by Gasteiger charge is 2.46. The van der Waals surface area contributed by atoms with Gasteiger partial charge in [0.15, 0.2) is 0 Å². The largest absolute Gasteiger partial charge is 0.492 e. The smallest absolute Gasteiger partial charge is 0.255 e. The second-order valence-corrected chi connectivity index (χ2v) is 10.4. The van der Waals surface area contributed by atoms with Crippen LogP contribution in [0.3, 0.4) is 0 Å².